The summed E-state index contributed by atoms with van der Waals surface area (Å²) in [5, 5.41) is 12.6. The van der Waals surface area contributed by atoms with E-state index in [-0.39, 0.29) is 17.9 Å². The Bertz CT molecular complexity index is 1190. The second-order valence-corrected chi connectivity index (χ2v) is 8.67. The molecule has 2 aliphatic carbocycles. The summed E-state index contributed by atoms with van der Waals surface area (Å²) in [5.41, 5.74) is 2.46. The van der Waals surface area contributed by atoms with Gasteiger partial charge in [0.1, 0.15) is 5.02 Å². The van der Waals surface area contributed by atoms with Crippen LogP contribution in [0.25, 0.3) is 0 Å². The van der Waals surface area contributed by atoms with Gasteiger partial charge in [0.15, 0.2) is 5.82 Å². The van der Waals surface area contributed by atoms with Gasteiger partial charge in [-0.1, -0.05) is 23.7 Å². The molecule has 1 aromatic heterocycles. The molecule has 0 aliphatic heterocycles. The van der Waals surface area contributed by atoms with Gasteiger partial charge in [-0.15, -0.1) is 0 Å². The largest absolute Gasteiger partial charge is 0.349 e. The lowest BCUT2D eigenvalue weighted by Gasteiger charge is -2.13. The number of halogens is 1. The molecular weight excluding hydrogens is 440 g/mol. The topological polar surface area (TPSA) is 108 Å². The molecule has 8 nitrogen and oxygen atoms in total. The summed E-state index contributed by atoms with van der Waals surface area (Å²) >= 11 is 6.32. The maximum Gasteiger partial charge on any atom is 0.253 e. The summed E-state index contributed by atoms with van der Waals surface area (Å²) in [5.74, 6) is 0.510. The number of amides is 2. The van der Waals surface area contributed by atoms with Crippen LogP contribution in [-0.4, -0.2) is 33.9 Å². The summed E-state index contributed by atoms with van der Waals surface area (Å²) in [6.07, 6.45) is 5.61. The van der Waals surface area contributed by atoms with Gasteiger partial charge in [0.25, 0.3) is 11.8 Å². The number of nitrogens with one attached hydrogen (secondary N) is 4. The number of carbonyl (C=O) groups excluding carboxylic acids is 2. The third-order valence-corrected chi connectivity index (χ3v) is 5.67. The predicted octanol–water partition coefficient (Wildman–Crippen LogP) is 4.40. The molecule has 33 heavy (non-hydrogen) atoms. The minimum Gasteiger partial charge on any atom is -0.349 e. The molecule has 2 saturated carbocycles. The fourth-order valence-corrected chi connectivity index (χ4v) is 3.39. The molecule has 4 N–H and O–H groups in total. The highest BCUT2D eigenvalue weighted by molar-refractivity contribution is 6.33. The van der Waals surface area contributed by atoms with Crippen molar-refractivity contribution in [2.24, 2.45) is 0 Å². The van der Waals surface area contributed by atoms with Crippen LogP contribution in [0.3, 0.4) is 0 Å². The lowest BCUT2D eigenvalue weighted by molar-refractivity contribution is 0.0943. The summed E-state index contributed by atoms with van der Waals surface area (Å²) in [7, 11) is 0. The van der Waals surface area contributed by atoms with E-state index >= 15 is 0 Å². The Morgan fingerprint density at radius 2 is 1.52 bits per heavy atom. The van der Waals surface area contributed by atoms with E-state index in [1.807, 2.05) is 12.1 Å². The first-order chi connectivity index (χ1) is 16.0. The average Bonchev–Trinajstić information content (AvgIpc) is 3.74. The molecule has 2 amide bonds. The first-order valence-electron chi connectivity index (χ1n) is 10.9. The van der Waals surface area contributed by atoms with Crippen LogP contribution in [-0.2, 0) is 0 Å². The van der Waals surface area contributed by atoms with Gasteiger partial charge in [0, 0.05) is 23.3 Å². The molecule has 2 aliphatic rings. The smallest absolute Gasteiger partial charge is 0.253 e. The number of aromatic nitrogens is 2. The standard InChI is InChI=1S/C24H23ClN6O2/c25-19-13-26-24(29-17-7-5-14(6-8-17)22(32)27-15-9-10-15)31-21(19)30-20-4-2-1-3-18(20)23(33)28-16-11-12-16/h1-8,13,15-16H,9-12H2,(H,27,32)(H,28,33)(H2,26,29,30,31). The molecule has 0 bridgehead atoms. The Labute approximate surface area is 196 Å². The maximum absolute atomic E-state index is 12.6. The Kier molecular flexibility index (Phi) is 5.83. The van der Waals surface area contributed by atoms with Crippen LogP contribution in [0, 0.1) is 0 Å². The van der Waals surface area contributed by atoms with Crippen molar-refractivity contribution in [2.75, 3.05) is 10.6 Å². The maximum atomic E-state index is 12.6. The first-order valence-corrected chi connectivity index (χ1v) is 11.3. The monoisotopic (exact) mass is 462 g/mol. The van der Waals surface area contributed by atoms with Crippen molar-refractivity contribution in [3.8, 4) is 0 Å². The van der Waals surface area contributed by atoms with Crippen molar-refractivity contribution in [3.05, 3.63) is 70.9 Å². The lowest BCUT2D eigenvalue weighted by atomic mass is 10.1. The minimum atomic E-state index is -0.130. The number of anilines is 4. The fraction of sp³-hybridized carbons (Fsp3) is 0.250. The summed E-state index contributed by atoms with van der Waals surface area (Å²) in [6, 6.07) is 14.9. The molecule has 0 unspecified atom stereocenters. The van der Waals surface area contributed by atoms with E-state index in [0.717, 1.165) is 31.4 Å². The van der Waals surface area contributed by atoms with Crippen LogP contribution in [0.15, 0.2) is 54.7 Å². The summed E-state index contributed by atoms with van der Waals surface area (Å²) in [6.45, 7) is 0. The van der Waals surface area contributed by atoms with Gasteiger partial charge < -0.3 is 21.3 Å². The van der Waals surface area contributed by atoms with E-state index in [9.17, 15) is 9.59 Å². The molecular formula is C24H23ClN6O2. The number of rotatable bonds is 8. The van der Waals surface area contributed by atoms with Gasteiger partial charge in [-0.2, -0.15) is 4.98 Å². The molecule has 3 aromatic rings. The van der Waals surface area contributed by atoms with E-state index < -0.39 is 0 Å². The Morgan fingerprint density at radius 1 is 0.848 bits per heavy atom. The zero-order chi connectivity index (χ0) is 22.8. The third kappa shape index (κ3) is 5.40. The van der Waals surface area contributed by atoms with Crippen LogP contribution in [0.5, 0.6) is 0 Å². The zero-order valence-corrected chi connectivity index (χ0v) is 18.5. The fourth-order valence-electron chi connectivity index (χ4n) is 3.25. The Hall–Kier alpha value is -3.65. The van der Waals surface area contributed by atoms with Gasteiger partial charge in [-0.05, 0) is 62.1 Å². The molecule has 168 valence electrons. The highest BCUT2D eigenvalue weighted by Crippen LogP contribution is 2.28. The van der Waals surface area contributed by atoms with E-state index in [1.54, 1.807) is 36.4 Å². The first kappa shape index (κ1) is 21.2. The van der Waals surface area contributed by atoms with Crippen LogP contribution in [0.1, 0.15) is 46.4 Å². The quantitative estimate of drug-likeness (QED) is 0.395. The Morgan fingerprint density at radius 3 is 2.21 bits per heavy atom. The van der Waals surface area contributed by atoms with Gasteiger partial charge in [0.05, 0.1) is 17.4 Å². The second-order valence-electron chi connectivity index (χ2n) is 8.26. The van der Waals surface area contributed by atoms with Gasteiger partial charge in [-0.25, -0.2) is 4.98 Å². The van der Waals surface area contributed by atoms with E-state index in [1.165, 1.54) is 6.20 Å². The lowest BCUT2D eigenvalue weighted by Crippen LogP contribution is -2.26. The molecule has 2 fully saturated rings. The van der Waals surface area contributed by atoms with Crippen LogP contribution < -0.4 is 21.3 Å². The van der Waals surface area contributed by atoms with Gasteiger partial charge >= 0.3 is 0 Å². The number of benzene rings is 2. The van der Waals surface area contributed by atoms with Gasteiger partial charge in [0.2, 0.25) is 5.95 Å². The molecule has 2 aromatic carbocycles. The van der Waals surface area contributed by atoms with Crippen molar-refractivity contribution >= 4 is 46.6 Å². The van der Waals surface area contributed by atoms with Gasteiger partial charge in [-0.3, -0.25) is 9.59 Å². The van der Waals surface area contributed by atoms with Crippen molar-refractivity contribution < 1.29 is 9.59 Å². The number of nitrogens with zero attached hydrogens (tertiary/aromatic N) is 2. The van der Waals surface area contributed by atoms with Crippen molar-refractivity contribution in [1.29, 1.82) is 0 Å². The SMILES string of the molecule is O=C(NC1CC1)c1ccc(Nc2ncc(Cl)c(Nc3ccccc3C(=O)NC3CC3)n2)cc1. The molecule has 5 rings (SSSR count). The molecule has 1 heterocycles. The predicted molar refractivity (Wildman–Crippen MR) is 127 cm³/mol. The van der Waals surface area contributed by atoms with E-state index in [2.05, 4.69) is 31.2 Å². The van der Waals surface area contributed by atoms with Crippen molar-refractivity contribution in [1.82, 2.24) is 20.6 Å². The molecule has 0 saturated heterocycles. The summed E-state index contributed by atoms with van der Waals surface area (Å²) in [4.78, 5) is 33.4. The molecule has 0 spiro atoms. The molecule has 9 heteroatoms. The number of hydrogen-bond acceptors (Lipinski definition) is 6. The van der Waals surface area contributed by atoms with Crippen LogP contribution >= 0.6 is 11.6 Å². The zero-order valence-electron chi connectivity index (χ0n) is 17.8. The Balaban J connectivity index is 1.29. The summed E-state index contributed by atoms with van der Waals surface area (Å²) < 4.78 is 0. The number of hydrogen-bond donors (Lipinski definition) is 4. The number of carbonyl (C=O) groups is 2. The normalized spacial score (nSPS) is 14.9. The van der Waals surface area contributed by atoms with Crippen molar-refractivity contribution in [2.45, 2.75) is 37.8 Å². The number of para-hydroxylation sites is 1. The molecule has 0 atom stereocenters. The van der Waals surface area contributed by atoms with E-state index in [0.29, 0.717) is 39.6 Å². The van der Waals surface area contributed by atoms with Crippen molar-refractivity contribution in [3.63, 3.8) is 0 Å². The van der Waals surface area contributed by atoms with E-state index in [4.69, 9.17) is 11.6 Å². The second kappa shape index (κ2) is 9.07. The van der Waals surface area contributed by atoms with Crippen LogP contribution in [0.2, 0.25) is 5.02 Å². The average molecular weight is 463 g/mol. The third-order valence-electron chi connectivity index (χ3n) is 5.40. The van der Waals surface area contributed by atoms with Crippen LogP contribution in [0.4, 0.5) is 23.1 Å². The minimum absolute atomic E-state index is 0.0670. The highest BCUT2D eigenvalue weighted by atomic mass is 35.5. The highest BCUT2D eigenvalue weighted by Gasteiger charge is 2.25. The molecule has 0 radical (unpaired) electrons.